The number of aromatic carboxylic acids is 1. The molecule has 0 spiro atoms. The smallest absolute Gasteiger partial charge is 0.416 e. The summed E-state index contributed by atoms with van der Waals surface area (Å²) in [5.41, 5.74) is -0.870. The van der Waals surface area contributed by atoms with Crippen LogP contribution in [0.3, 0.4) is 0 Å². The number of anilines is 2. The minimum Gasteiger partial charge on any atom is -0.478 e. The average Bonchev–Trinajstić information content (AvgIpc) is 3.09. The molecule has 11 heteroatoms. The van der Waals surface area contributed by atoms with Gasteiger partial charge in [-0.05, 0) is 24.3 Å². The Labute approximate surface area is 159 Å². The predicted octanol–water partition coefficient (Wildman–Crippen LogP) is 5.18. The number of nitrogens with one attached hydrogen (secondary N) is 1. The van der Waals surface area contributed by atoms with E-state index in [9.17, 15) is 28.1 Å². The molecule has 2 N–H and O–H groups in total. The normalized spacial score (nSPS) is 11.2. The molecule has 2 aromatic carbocycles. The lowest BCUT2D eigenvalue weighted by atomic mass is 10.1. The van der Waals surface area contributed by atoms with Gasteiger partial charge >= 0.3 is 12.1 Å². The summed E-state index contributed by atoms with van der Waals surface area (Å²) < 4.78 is 38.4. The van der Waals surface area contributed by atoms with E-state index in [0.29, 0.717) is 0 Å². The summed E-state index contributed by atoms with van der Waals surface area (Å²) in [6.45, 7) is 0. The highest BCUT2D eigenvalue weighted by atomic mass is 32.1. The van der Waals surface area contributed by atoms with Crippen LogP contribution in [0.1, 0.15) is 15.9 Å². The lowest BCUT2D eigenvalue weighted by Gasteiger charge is -2.09. The number of nitrogens with zero attached hydrogens (tertiary/aromatic N) is 2. The van der Waals surface area contributed by atoms with Crippen molar-refractivity contribution in [2.75, 3.05) is 5.32 Å². The topological polar surface area (TPSA) is 105 Å². The lowest BCUT2D eigenvalue weighted by molar-refractivity contribution is -0.384. The molecule has 0 aliphatic carbocycles. The highest BCUT2D eigenvalue weighted by Gasteiger charge is 2.30. The average molecular weight is 409 g/mol. The molecule has 1 aromatic heterocycles. The van der Waals surface area contributed by atoms with Crippen molar-refractivity contribution >= 4 is 33.8 Å². The van der Waals surface area contributed by atoms with E-state index in [-0.39, 0.29) is 27.6 Å². The molecule has 0 saturated heterocycles. The number of nitro groups is 1. The molecule has 28 heavy (non-hydrogen) atoms. The van der Waals surface area contributed by atoms with Crippen LogP contribution in [0.5, 0.6) is 0 Å². The minimum atomic E-state index is -4.48. The van der Waals surface area contributed by atoms with Gasteiger partial charge in [-0.1, -0.05) is 6.07 Å². The quantitative estimate of drug-likeness (QED) is 0.444. The summed E-state index contributed by atoms with van der Waals surface area (Å²) in [5, 5.41) is 24.6. The van der Waals surface area contributed by atoms with Crippen LogP contribution in [0.25, 0.3) is 11.3 Å². The van der Waals surface area contributed by atoms with Gasteiger partial charge in [0.15, 0.2) is 5.13 Å². The highest BCUT2D eigenvalue weighted by molar-refractivity contribution is 7.14. The summed E-state index contributed by atoms with van der Waals surface area (Å²) in [6.07, 6.45) is -4.48. The summed E-state index contributed by atoms with van der Waals surface area (Å²) in [6, 6.07) is 7.89. The number of nitro benzene ring substituents is 1. The van der Waals surface area contributed by atoms with Crippen LogP contribution in [-0.4, -0.2) is 21.0 Å². The summed E-state index contributed by atoms with van der Waals surface area (Å²) in [7, 11) is 0. The van der Waals surface area contributed by atoms with E-state index >= 15 is 0 Å². The number of aromatic nitrogens is 1. The van der Waals surface area contributed by atoms with Gasteiger partial charge < -0.3 is 10.4 Å². The Balaban J connectivity index is 1.91. The summed E-state index contributed by atoms with van der Waals surface area (Å²) in [5.74, 6) is -1.33. The number of hydrogen-bond donors (Lipinski definition) is 2. The lowest BCUT2D eigenvalue weighted by Crippen LogP contribution is -2.05. The molecular formula is C17H10F3N3O4S. The van der Waals surface area contributed by atoms with Gasteiger partial charge in [-0.15, -0.1) is 11.3 Å². The second-order valence-corrected chi connectivity index (χ2v) is 6.43. The fourth-order valence-corrected chi connectivity index (χ4v) is 3.09. The number of benzene rings is 2. The van der Waals surface area contributed by atoms with E-state index in [1.54, 1.807) is 0 Å². The van der Waals surface area contributed by atoms with Crippen molar-refractivity contribution in [1.29, 1.82) is 0 Å². The molecule has 3 aromatic rings. The Morgan fingerprint density at radius 1 is 1.21 bits per heavy atom. The first-order valence-electron chi connectivity index (χ1n) is 7.56. The Morgan fingerprint density at radius 3 is 2.61 bits per heavy atom. The van der Waals surface area contributed by atoms with Crippen LogP contribution in [0.2, 0.25) is 0 Å². The number of carboxylic acids is 1. The molecule has 0 aliphatic heterocycles. The molecule has 0 atom stereocenters. The molecule has 0 aliphatic rings. The van der Waals surface area contributed by atoms with Gasteiger partial charge in [-0.2, -0.15) is 13.2 Å². The van der Waals surface area contributed by atoms with Gasteiger partial charge in [-0.3, -0.25) is 10.1 Å². The van der Waals surface area contributed by atoms with Crippen molar-refractivity contribution in [2.24, 2.45) is 0 Å². The number of carboxylic acid groups (broad SMARTS) is 1. The van der Waals surface area contributed by atoms with E-state index in [4.69, 9.17) is 5.11 Å². The zero-order chi connectivity index (χ0) is 20.5. The molecule has 7 nitrogen and oxygen atoms in total. The molecule has 0 radical (unpaired) electrons. The standard InChI is InChI=1S/C17H10F3N3O4S/c18-17(19,20)11-2-1-3-12(7-11)21-16-22-14(8-28-16)9-4-10(15(24)25)6-13(5-9)23(26)27/h1-8H,(H,21,22)(H,24,25). The Hall–Kier alpha value is -3.47. The van der Waals surface area contributed by atoms with Crippen LogP contribution < -0.4 is 5.32 Å². The third kappa shape index (κ3) is 4.26. The molecule has 0 bridgehead atoms. The predicted molar refractivity (Wildman–Crippen MR) is 95.9 cm³/mol. The maximum Gasteiger partial charge on any atom is 0.416 e. The van der Waals surface area contributed by atoms with Gasteiger partial charge in [0.2, 0.25) is 0 Å². The number of non-ortho nitro benzene ring substituents is 1. The van der Waals surface area contributed by atoms with Crippen LogP contribution in [0.15, 0.2) is 47.8 Å². The third-order valence-electron chi connectivity index (χ3n) is 3.62. The van der Waals surface area contributed by atoms with Crippen LogP contribution in [0.4, 0.5) is 29.7 Å². The largest absolute Gasteiger partial charge is 0.478 e. The van der Waals surface area contributed by atoms with Crippen LogP contribution >= 0.6 is 11.3 Å². The summed E-state index contributed by atoms with van der Waals surface area (Å²) >= 11 is 1.06. The van der Waals surface area contributed by atoms with Gasteiger partial charge in [0.1, 0.15) is 0 Å². The molecular weight excluding hydrogens is 399 g/mol. The summed E-state index contributed by atoms with van der Waals surface area (Å²) in [4.78, 5) is 25.6. The van der Waals surface area contributed by atoms with Crippen molar-refractivity contribution in [3.8, 4) is 11.3 Å². The first kappa shape index (κ1) is 19.3. The van der Waals surface area contributed by atoms with Crippen LogP contribution in [-0.2, 0) is 6.18 Å². The van der Waals surface area contributed by atoms with Crippen molar-refractivity contribution in [2.45, 2.75) is 6.18 Å². The zero-order valence-electron chi connectivity index (χ0n) is 13.7. The number of carbonyl (C=O) groups is 1. The minimum absolute atomic E-state index is 0.168. The Morgan fingerprint density at radius 2 is 1.96 bits per heavy atom. The van der Waals surface area contributed by atoms with E-state index in [2.05, 4.69) is 10.3 Å². The van der Waals surface area contributed by atoms with Crippen molar-refractivity contribution < 1.29 is 28.0 Å². The zero-order valence-corrected chi connectivity index (χ0v) is 14.5. The van der Waals surface area contributed by atoms with E-state index in [1.165, 1.54) is 29.6 Å². The first-order valence-corrected chi connectivity index (χ1v) is 8.44. The molecule has 0 unspecified atom stereocenters. The maximum atomic E-state index is 12.8. The van der Waals surface area contributed by atoms with Gasteiger partial charge in [-0.25, -0.2) is 9.78 Å². The second-order valence-electron chi connectivity index (χ2n) is 5.57. The van der Waals surface area contributed by atoms with E-state index < -0.39 is 28.3 Å². The van der Waals surface area contributed by atoms with Gasteiger partial charge in [0.05, 0.1) is 21.7 Å². The number of rotatable bonds is 5. The molecule has 1 heterocycles. The molecule has 0 amide bonds. The van der Waals surface area contributed by atoms with E-state index in [1.807, 2.05) is 0 Å². The number of halogens is 3. The fraction of sp³-hybridized carbons (Fsp3) is 0.0588. The first-order chi connectivity index (χ1) is 13.1. The van der Waals surface area contributed by atoms with Gasteiger partial charge in [0, 0.05) is 28.8 Å². The highest BCUT2D eigenvalue weighted by Crippen LogP contribution is 2.33. The number of alkyl halides is 3. The Bertz CT molecular complexity index is 1030. The molecule has 0 saturated carbocycles. The second kappa shape index (κ2) is 7.27. The van der Waals surface area contributed by atoms with Gasteiger partial charge in [0.25, 0.3) is 5.69 Å². The van der Waals surface area contributed by atoms with E-state index in [0.717, 1.165) is 29.5 Å². The third-order valence-corrected chi connectivity index (χ3v) is 4.37. The van der Waals surface area contributed by atoms with Crippen molar-refractivity contribution in [3.05, 3.63) is 69.1 Å². The number of hydrogen-bond acceptors (Lipinski definition) is 6. The molecule has 3 rings (SSSR count). The number of thiazole rings is 1. The van der Waals surface area contributed by atoms with Crippen molar-refractivity contribution in [1.82, 2.24) is 4.98 Å². The maximum absolute atomic E-state index is 12.8. The monoisotopic (exact) mass is 409 g/mol. The van der Waals surface area contributed by atoms with Crippen LogP contribution in [0, 0.1) is 10.1 Å². The SMILES string of the molecule is O=C(O)c1cc(-c2csc(Nc3cccc(C(F)(F)F)c3)n2)cc([N+](=O)[O-])c1. The fourth-order valence-electron chi connectivity index (χ4n) is 2.35. The molecule has 144 valence electrons. The molecule has 0 fully saturated rings. The Kier molecular flexibility index (Phi) is 5.01. The van der Waals surface area contributed by atoms with Crippen molar-refractivity contribution in [3.63, 3.8) is 0 Å².